The fourth-order valence-corrected chi connectivity index (χ4v) is 1.50. The van der Waals surface area contributed by atoms with Gasteiger partial charge < -0.3 is 0 Å². The van der Waals surface area contributed by atoms with Crippen molar-refractivity contribution < 1.29 is 0 Å². The topological polar surface area (TPSA) is 17.8 Å². The van der Waals surface area contributed by atoms with Gasteiger partial charge in [-0.05, 0) is 38.5 Å². The highest BCUT2D eigenvalue weighted by Crippen LogP contribution is 2.03. The molecule has 0 unspecified atom stereocenters. The summed E-state index contributed by atoms with van der Waals surface area (Å²) in [6.07, 6.45) is 2.34. The number of nitrogens with zero attached hydrogens (tertiary/aromatic N) is 2. The summed E-state index contributed by atoms with van der Waals surface area (Å²) in [5.41, 5.74) is 2.37. The van der Waals surface area contributed by atoms with E-state index in [0.29, 0.717) is 0 Å². The van der Waals surface area contributed by atoms with E-state index in [1.165, 1.54) is 18.5 Å². The van der Waals surface area contributed by atoms with E-state index in [1.807, 2.05) is 6.92 Å². The third kappa shape index (κ3) is 2.55. The summed E-state index contributed by atoms with van der Waals surface area (Å²) in [7, 11) is 0. The lowest BCUT2D eigenvalue weighted by Gasteiger charge is -2.02. The van der Waals surface area contributed by atoms with E-state index >= 15 is 0 Å². The Hall–Kier alpha value is -0.440. The minimum Gasteiger partial charge on any atom is -0.270 e. The fraction of sp³-hybridized carbons (Fsp3) is 0.667. The molecule has 0 aliphatic carbocycles. The van der Waals surface area contributed by atoms with Crippen LogP contribution >= 0.6 is 12.6 Å². The van der Waals surface area contributed by atoms with Crippen LogP contribution in [0, 0.1) is 13.8 Å². The van der Waals surface area contributed by atoms with Gasteiger partial charge in [-0.15, -0.1) is 0 Å². The Morgan fingerprint density at radius 3 is 2.67 bits per heavy atom. The molecule has 0 amide bonds. The minimum atomic E-state index is 0.972. The van der Waals surface area contributed by atoms with Crippen LogP contribution in [0.2, 0.25) is 0 Å². The zero-order valence-electron chi connectivity index (χ0n) is 7.75. The minimum absolute atomic E-state index is 0.972. The van der Waals surface area contributed by atoms with Crippen molar-refractivity contribution in [3.05, 3.63) is 17.5 Å². The van der Waals surface area contributed by atoms with Crippen LogP contribution in [0.5, 0.6) is 0 Å². The molecule has 2 nitrogen and oxygen atoms in total. The molecule has 68 valence electrons. The SMILES string of the molecule is Cc1cc(C)n(CCCCS)n1. The number of aromatic nitrogens is 2. The van der Waals surface area contributed by atoms with Crippen molar-refractivity contribution in [3.63, 3.8) is 0 Å². The quantitative estimate of drug-likeness (QED) is 0.561. The Balaban J connectivity index is 2.45. The van der Waals surface area contributed by atoms with Crippen molar-refractivity contribution in [2.75, 3.05) is 5.75 Å². The lowest BCUT2D eigenvalue weighted by atomic mass is 10.3. The van der Waals surface area contributed by atoms with E-state index in [4.69, 9.17) is 0 Å². The zero-order valence-corrected chi connectivity index (χ0v) is 8.64. The van der Waals surface area contributed by atoms with Crippen LogP contribution in [-0.2, 0) is 6.54 Å². The highest BCUT2D eigenvalue weighted by Gasteiger charge is 1.98. The molecule has 0 aromatic carbocycles. The maximum absolute atomic E-state index is 4.37. The largest absolute Gasteiger partial charge is 0.270 e. The first-order valence-corrected chi connectivity index (χ1v) is 4.99. The molecule has 1 aromatic rings. The number of hydrogen-bond donors (Lipinski definition) is 1. The van der Waals surface area contributed by atoms with Gasteiger partial charge in [0.2, 0.25) is 0 Å². The predicted octanol–water partition coefficient (Wildman–Crippen LogP) is 2.21. The van der Waals surface area contributed by atoms with Gasteiger partial charge in [-0.25, -0.2) is 0 Å². The molecule has 0 bridgehead atoms. The third-order valence-electron chi connectivity index (χ3n) is 1.88. The number of thiol groups is 1. The maximum Gasteiger partial charge on any atom is 0.0596 e. The predicted molar refractivity (Wildman–Crippen MR) is 54.8 cm³/mol. The summed E-state index contributed by atoms with van der Waals surface area (Å²) in [5, 5.41) is 4.37. The van der Waals surface area contributed by atoms with Gasteiger partial charge in [0.05, 0.1) is 5.69 Å². The molecule has 0 N–H and O–H groups in total. The van der Waals surface area contributed by atoms with E-state index in [2.05, 4.69) is 35.4 Å². The van der Waals surface area contributed by atoms with Gasteiger partial charge in [0, 0.05) is 12.2 Å². The molecule has 0 saturated heterocycles. The maximum atomic E-state index is 4.37. The molecule has 0 aliphatic heterocycles. The van der Waals surface area contributed by atoms with Crippen LogP contribution in [0.1, 0.15) is 24.2 Å². The molecule has 12 heavy (non-hydrogen) atoms. The number of unbranched alkanes of at least 4 members (excludes halogenated alkanes) is 1. The molecule has 0 saturated carbocycles. The van der Waals surface area contributed by atoms with Crippen molar-refractivity contribution in [3.8, 4) is 0 Å². The molecule has 1 heterocycles. The van der Waals surface area contributed by atoms with E-state index < -0.39 is 0 Å². The number of aryl methyl sites for hydroxylation is 3. The van der Waals surface area contributed by atoms with Gasteiger partial charge >= 0.3 is 0 Å². The molecule has 1 rings (SSSR count). The first-order chi connectivity index (χ1) is 5.74. The lowest BCUT2D eigenvalue weighted by Crippen LogP contribution is -2.02. The van der Waals surface area contributed by atoms with Crippen LogP contribution in [0.15, 0.2) is 6.07 Å². The highest BCUT2D eigenvalue weighted by atomic mass is 32.1. The van der Waals surface area contributed by atoms with E-state index in [0.717, 1.165) is 18.0 Å². The highest BCUT2D eigenvalue weighted by molar-refractivity contribution is 7.80. The molecule has 0 spiro atoms. The van der Waals surface area contributed by atoms with Crippen LogP contribution in [0.3, 0.4) is 0 Å². The van der Waals surface area contributed by atoms with Crippen molar-refractivity contribution >= 4 is 12.6 Å². The molecule has 3 heteroatoms. The monoisotopic (exact) mass is 184 g/mol. The Bertz CT molecular complexity index is 243. The Morgan fingerprint density at radius 2 is 2.17 bits per heavy atom. The summed E-state index contributed by atoms with van der Waals surface area (Å²) in [6, 6.07) is 2.11. The van der Waals surface area contributed by atoms with Crippen molar-refractivity contribution in [1.82, 2.24) is 9.78 Å². The van der Waals surface area contributed by atoms with Crippen LogP contribution < -0.4 is 0 Å². The fourth-order valence-electron chi connectivity index (χ4n) is 1.27. The second kappa shape index (κ2) is 4.55. The van der Waals surface area contributed by atoms with Crippen molar-refractivity contribution in [2.24, 2.45) is 0 Å². The summed E-state index contributed by atoms with van der Waals surface area (Å²) in [4.78, 5) is 0. The normalized spacial score (nSPS) is 10.6. The standard InChI is InChI=1S/C9H16N2S/c1-8-7-9(2)11(10-8)5-3-4-6-12/h7,12H,3-6H2,1-2H3. The van der Waals surface area contributed by atoms with Crippen LogP contribution in [0.25, 0.3) is 0 Å². The average molecular weight is 184 g/mol. The van der Waals surface area contributed by atoms with Crippen molar-refractivity contribution in [2.45, 2.75) is 33.2 Å². The second-order valence-corrected chi connectivity index (χ2v) is 3.53. The number of hydrogen-bond acceptors (Lipinski definition) is 2. The zero-order chi connectivity index (χ0) is 8.97. The van der Waals surface area contributed by atoms with E-state index in [1.54, 1.807) is 0 Å². The third-order valence-corrected chi connectivity index (χ3v) is 2.20. The Kier molecular flexibility index (Phi) is 3.66. The van der Waals surface area contributed by atoms with Crippen molar-refractivity contribution in [1.29, 1.82) is 0 Å². The lowest BCUT2D eigenvalue weighted by molar-refractivity contribution is 0.558. The van der Waals surface area contributed by atoms with Gasteiger partial charge in [0.15, 0.2) is 0 Å². The summed E-state index contributed by atoms with van der Waals surface area (Å²) < 4.78 is 2.07. The van der Waals surface area contributed by atoms with Crippen LogP contribution in [0.4, 0.5) is 0 Å². The van der Waals surface area contributed by atoms with E-state index in [9.17, 15) is 0 Å². The molecule has 1 aromatic heterocycles. The summed E-state index contributed by atoms with van der Waals surface area (Å²) in [5.74, 6) is 0.972. The Morgan fingerprint density at radius 1 is 1.42 bits per heavy atom. The number of rotatable bonds is 4. The summed E-state index contributed by atoms with van der Waals surface area (Å²) >= 11 is 4.17. The van der Waals surface area contributed by atoms with Gasteiger partial charge in [-0.3, -0.25) is 4.68 Å². The molecular formula is C9H16N2S. The smallest absolute Gasteiger partial charge is 0.0596 e. The average Bonchev–Trinajstić information content (AvgIpc) is 2.31. The van der Waals surface area contributed by atoms with Gasteiger partial charge in [0.1, 0.15) is 0 Å². The molecule has 0 aliphatic rings. The first kappa shape index (κ1) is 9.65. The Labute approximate surface area is 79.4 Å². The molecule has 0 fully saturated rings. The second-order valence-electron chi connectivity index (χ2n) is 3.08. The first-order valence-electron chi connectivity index (χ1n) is 4.36. The molecule has 0 atom stereocenters. The van der Waals surface area contributed by atoms with Gasteiger partial charge in [-0.2, -0.15) is 17.7 Å². The summed E-state index contributed by atoms with van der Waals surface area (Å²) in [6.45, 7) is 5.16. The van der Waals surface area contributed by atoms with Crippen LogP contribution in [-0.4, -0.2) is 15.5 Å². The van der Waals surface area contributed by atoms with E-state index in [-0.39, 0.29) is 0 Å². The molecular weight excluding hydrogens is 168 g/mol. The molecule has 0 radical (unpaired) electrons. The van der Waals surface area contributed by atoms with Gasteiger partial charge in [0.25, 0.3) is 0 Å². The van der Waals surface area contributed by atoms with Gasteiger partial charge in [-0.1, -0.05) is 0 Å².